The smallest absolute Gasteiger partial charge is 0.0902 e. The Hall–Kier alpha value is -0.570. The zero-order chi connectivity index (χ0) is 8.28. The lowest BCUT2D eigenvalue weighted by Crippen LogP contribution is -2.03. The van der Waals surface area contributed by atoms with Crippen molar-refractivity contribution in [1.29, 1.82) is 0 Å². The molecular formula is C6H19N3. The van der Waals surface area contributed by atoms with E-state index < -0.39 is 0 Å². The molecule has 0 aromatic carbocycles. The summed E-state index contributed by atoms with van der Waals surface area (Å²) < 4.78 is 0. The molecule has 0 fully saturated rings. The third-order valence-electron chi connectivity index (χ3n) is 0.353. The van der Waals surface area contributed by atoms with Gasteiger partial charge in [-0.3, -0.25) is 4.99 Å². The van der Waals surface area contributed by atoms with Crippen LogP contribution in [0.25, 0.3) is 0 Å². The van der Waals surface area contributed by atoms with Crippen molar-refractivity contribution in [2.75, 3.05) is 14.1 Å². The monoisotopic (exact) mass is 133 g/mol. The highest BCUT2D eigenvalue weighted by Crippen LogP contribution is 1.52. The van der Waals surface area contributed by atoms with E-state index in [9.17, 15) is 0 Å². The van der Waals surface area contributed by atoms with Crippen LogP contribution in [0.3, 0.4) is 0 Å². The number of nitrogens with zero attached hydrogens (tertiary/aromatic N) is 1. The molecule has 0 aliphatic heterocycles. The fourth-order valence-electron chi connectivity index (χ4n) is 0. The largest absolute Gasteiger partial charge is 0.388 e. The van der Waals surface area contributed by atoms with Crippen LogP contribution in [-0.4, -0.2) is 19.9 Å². The summed E-state index contributed by atoms with van der Waals surface area (Å²) in [5, 5.41) is 0. The average molecular weight is 133 g/mol. The van der Waals surface area contributed by atoms with Crippen molar-refractivity contribution in [3.63, 3.8) is 0 Å². The van der Waals surface area contributed by atoms with Crippen molar-refractivity contribution >= 4 is 5.84 Å². The molecule has 0 aliphatic rings. The first-order chi connectivity index (χ1) is 4.27. The lowest BCUT2D eigenvalue weighted by Gasteiger charge is -1.76. The van der Waals surface area contributed by atoms with Gasteiger partial charge in [0, 0.05) is 7.05 Å². The van der Waals surface area contributed by atoms with Crippen LogP contribution in [0, 0.1) is 0 Å². The van der Waals surface area contributed by atoms with Gasteiger partial charge >= 0.3 is 0 Å². The van der Waals surface area contributed by atoms with E-state index in [0.717, 1.165) is 0 Å². The lowest BCUT2D eigenvalue weighted by atomic mass is 10.7. The van der Waals surface area contributed by atoms with E-state index >= 15 is 0 Å². The third kappa shape index (κ3) is 107. The summed E-state index contributed by atoms with van der Waals surface area (Å²) in [6.45, 7) is 5.75. The fraction of sp³-hybridized carbons (Fsp3) is 0.833. The molecule has 0 saturated carbocycles. The van der Waals surface area contributed by atoms with Crippen LogP contribution in [0.1, 0.15) is 20.8 Å². The molecule has 0 aliphatic carbocycles. The third-order valence-corrected chi connectivity index (χ3v) is 0.353. The molecule has 0 spiro atoms. The Balaban J connectivity index is -0.0000000771. The van der Waals surface area contributed by atoms with E-state index in [1.54, 1.807) is 14.0 Å². The average Bonchev–Trinajstić information content (AvgIpc) is 1.97. The standard InChI is InChI=1S/C3H8N2.C2H6.CH5N/c1-3(4)5-2;2*1-2/h1-2H3,(H2,4,5);1-2H3;2H2,1H3. The highest BCUT2D eigenvalue weighted by Gasteiger charge is 1.61. The molecule has 0 bridgehead atoms. The van der Waals surface area contributed by atoms with Crippen LogP contribution in [-0.2, 0) is 0 Å². The molecular weight excluding hydrogens is 114 g/mol. The normalized spacial score (nSPS) is 8.00. The molecule has 0 amide bonds. The van der Waals surface area contributed by atoms with Crippen LogP contribution >= 0.6 is 0 Å². The number of rotatable bonds is 0. The quantitative estimate of drug-likeness (QED) is 0.375. The topological polar surface area (TPSA) is 64.4 Å². The Bertz CT molecular complexity index is 46.3. The first kappa shape index (κ1) is 15.8. The molecule has 4 N–H and O–H groups in total. The van der Waals surface area contributed by atoms with E-state index in [1.165, 1.54) is 7.05 Å². The second-order valence-electron chi connectivity index (χ2n) is 0.865. The minimum Gasteiger partial charge on any atom is -0.388 e. The Morgan fingerprint density at radius 1 is 1.22 bits per heavy atom. The van der Waals surface area contributed by atoms with Gasteiger partial charge in [0.25, 0.3) is 0 Å². The summed E-state index contributed by atoms with van der Waals surface area (Å²) in [5.41, 5.74) is 9.54. The summed E-state index contributed by atoms with van der Waals surface area (Å²) in [6, 6.07) is 0. The van der Waals surface area contributed by atoms with Gasteiger partial charge in [0.15, 0.2) is 0 Å². The molecule has 9 heavy (non-hydrogen) atoms. The van der Waals surface area contributed by atoms with E-state index in [-0.39, 0.29) is 0 Å². The molecule has 58 valence electrons. The summed E-state index contributed by atoms with van der Waals surface area (Å²) in [7, 11) is 3.16. The Morgan fingerprint density at radius 2 is 1.33 bits per heavy atom. The van der Waals surface area contributed by atoms with Crippen molar-refractivity contribution in [2.45, 2.75) is 20.8 Å². The number of aliphatic imine (C=N–C) groups is 1. The molecule has 3 nitrogen and oxygen atoms in total. The second-order valence-corrected chi connectivity index (χ2v) is 0.865. The van der Waals surface area contributed by atoms with Crippen LogP contribution < -0.4 is 11.5 Å². The van der Waals surface area contributed by atoms with Gasteiger partial charge in [0.05, 0.1) is 5.84 Å². The zero-order valence-corrected chi connectivity index (χ0v) is 7.10. The van der Waals surface area contributed by atoms with Gasteiger partial charge in [-0.25, -0.2) is 0 Å². The predicted octanol–water partition coefficient (Wildman–Crippen LogP) is 0.594. The SMILES string of the molecule is CC.CN.CN=C(C)N. The maximum absolute atomic E-state index is 5.04. The number of nitrogens with two attached hydrogens (primary N) is 2. The summed E-state index contributed by atoms with van der Waals surface area (Å²) >= 11 is 0. The molecule has 0 heterocycles. The fourth-order valence-corrected chi connectivity index (χ4v) is 0. The Morgan fingerprint density at radius 3 is 1.33 bits per heavy atom. The van der Waals surface area contributed by atoms with Crippen LogP contribution in [0.4, 0.5) is 0 Å². The van der Waals surface area contributed by atoms with Gasteiger partial charge in [-0.05, 0) is 14.0 Å². The predicted molar refractivity (Wildman–Crippen MR) is 44.7 cm³/mol. The number of hydrogen-bond donors (Lipinski definition) is 2. The highest BCUT2D eigenvalue weighted by atomic mass is 14.8. The van der Waals surface area contributed by atoms with Crippen molar-refractivity contribution < 1.29 is 0 Å². The van der Waals surface area contributed by atoms with Gasteiger partial charge in [0.2, 0.25) is 0 Å². The van der Waals surface area contributed by atoms with Gasteiger partial charge in [-0.2, -0.15) is 0 Å². The minimum atomic E-state index is 0.630. The second kappa shape index (κ2) is 26.1. The van der Waals surface area contributed by atoms with Crippen molar-refractivity contribution in [3.8, 4) is 0 Å². The molecule has 0 aromatic rings. The maximum Gasteiger partial charge on any atom is 0.0902 e. The van der Waals surface area contributed by atoms with Gasteiger partial charge in [-0.15, -0.1) is 0 Å². The first-order valence-corrected chi connectivity index (χ1v) is 3.04. The molecule has 0 atom stereocenters. The van der Waals surface area contributed by atoms with Crippen molar-refractivity contribution in [2.24, 2.45) is 16.5 Å². The summed E-state index contributed by atoms with van der Waals surface area (Å²) in [6.07, 6.45) is 0. The summed E-state index contributed by atoms with van der Waals surface area (Å²) in [4.78, 5) is 3.58. The van der Waals surface area contributed by atoms with E-state index in [0.29, 0.717) is 5.84 Å². The van der Waals surface area contributed by atoms with Crippen LogP contribution in [0.5, 0.6) is 0 Å². The van der Waals surface area contributed by atoms with Crippen molar-refractivity contribution in [1.82, 2.24) is 0 Å². The highest BCUT2D eigenvalue weighted by molar-refractivity contribution is 5.77. The Kier molecular flexibility index (Phi) is 45.8. The maximum atomic E-state index is 5.04. The number of amidine groups is 1. The van der Waals surface area contributed by atoms with E-state index in [2.05, 4.69) is 10.7 Å². The van der Waals surface area contributed by atoms with Gasteiger partial charge < -0.3 is 11.5 Å². The van der Waals surface area contributed by atoms with Gasteiger partial charge in [0.1, 0.15) is 0 Å². The molecule has 0 rings (SSSR count). The molecule has 0 radical (unpaired) electrons. The lowest BCUT2D eigenvalue weighted by molar-refractivity contribution is 1.38. The summed E-state index contributed by atoms with van der Waals surface area (Å²) in [5.74, 6) is 0.630. The number of hydrogen-bond acceptors (Lipinski definition) is 2. The molecule has 0 saturated heterocycles. The molecule has 0 unspecified atom stereocenters. The minimum absolute atomic E-state index is 0.630. The molecule has 0 aromatic heterocycles. The van der Waals surface area contributed by atoms with E-state index in [1.807, 2.05) is 13.8 Å². The van der Waals surface area contributed by atoms with Crippen LogP contribution in [0.15, 0.2) is 4.99 Å². The Labute approximate surface area is 58.2 Å². The van der Waals surface area contributed by atoms with Crippen LogP contribution in [0.2, 0.25) is 0 Å². The first-order valence-electron chi connectivity index (χ1n) is 3.04. The zero-order valence-electron chi connectivity index (χ0n) is 7.10. The van der Waals surface area contributed by atoms with Crippen molar-refractivity contribution in [3.05, 3.63) is 0 Å². The van der Waals surface area contributed by atoms with Gasteiger partial charge in [-0.1, -0.05) is 13.8 Å². The van der Waals surface area contributed by atoms with E-state index in [4.69, 9.17) is 5.73 Å². The molecule has 3 heteroatoms.